The number of nitrogens with one attached hydrogen (secondary N) is 1. The van der Waals surface area contributed by atoms with Gasteiger partial charge in [-0.25, -0.2) is 9.97 Å². The fraction of sp³-hybridized carbons (Fsp3) is 0.0625. The van der Waals surface area contributed by atoms with Crippen LogP contribution in [0.4, 0.5) is 10.9 Å². The quantitative estimate of drug-likeness (QED) is 0.419. The van der Waals surface area contributed by atoms with E-state index in [-0.39, 0.29) is 0 Å². The van der Waals surface area contributed by atoms with Crippen LogP contribution in [0, 0.1) is 0 Å². The molecule has 2 aromatic heterocycles. The van der Waals surface area contributed by atoms with Gasteiger partial charge in [-0.1, -0.05) is 41.9 Å². The number of pyridine rings is 1. The average molecular weight is 344 g/mol. The van der Waals surface area contributed by atoms with Crippen LogP contribution in [0.15, 0.2) is 53.1 Å². The van der Waals surface area contributed by atoms with E-state index >= 15 is 0 Å². The molecular formula is C16H14ClN5S. The van der Waals surface area contributed by atoms with E-state index in [0.29, 0.717) is 16.1 Å². The molecule has 116 valence electrons. The van der Waals surface area contributed by atoms with E-state index < -0.39 is 0 Å². The van der Waals surface area contributed by atoms with E-state index in [1.165, 1.54) is 16.9 Å². The summed E-state index contributed by atoms with van der Waals surface area (Å²) in [6.45, 7) is 0. The monoisotopic (exact) mass is 343 g/mol. The highest BCUT2D eigenvalue weighted by molar-refractivity contribution is 7.14. The minimum absolute atomic E-state index is 0.494. The van der Waals surface area contributed by atoms with E-state index in [4.69, 9.17) is 17.3 Å². The Morgan fingerprint density at radius 2 is 1.96 bits per heavy atom. The molecule has 0 amide bonds. The van der Waals surface area contributed by atoms with Crippen LogP contribution in [-0.4, -0.2) is 16.2 Å². The smallest absolute Gasteiger partial charge is 0.205 e. The highest BCUT2D eigenvalue weighted by Crippen LogP contribution is 2.16. The van der Waals surface area contributed by atoms with Crippen LogP contribution < -0.4 is 11.2 Å². The van der Waals surface area contributed by atoms with Gasteiger partial charge in [0.15, 0.2) is 0 Å². The van der Waals surface area contributed by atoms with E-state index in [0.717, 1.165) is 17.5 Å². The minimum Gasteiger partial charge on any atom is -0.383 e. The van der Waals surface area contributed by atoms with Gasteiger partial charge in [0.05, 0.1) is 6.21 Å². The summed E-state index contributed by atoms with van der Waals surface area (Å²) < 4.78 is 0. The van der Waals surface area contributed by atoms with Crippen LogP contribution in [0.25, 0.3) is 0 Å². The van der Waals surface area contributed by atoms with Gasteiger partial charge in [0.1, 0.15) is 11.0 Å². The second-order valence-corrected chi connectivity index (χ2v) is 6.10. The van der Waals surface area contributed by atoms with Gasteiger partial charge in [-0.05, 0) is 29.2 Å². The van der Waals surface area contributed by atoms with E-state index in [1.54, 1.807) is 23.9 Å². The number of hydrogen-bond donors (Lipinski definition) is 2. The Labute approximate surface area is 142 Å². The number of hydrogen-bond acceptors (Lipinski definition) is 6. The number of thiazole rings is 1. The SMILES string of the molecule is Nc1csc(NN=Cc2ccc(Cc3ccc(Cl)nc3)cc2)n1. The number of benzene rings is 1. The summed E-state index contributed by atoms with van der Waals surface area (Å²) in [5.41, 5.74) is 11.7. The zero-order valence-corrected chi connectivity index (χ0v) is 13.7. The third-order valence-corrected chi connectivity index (χ3v) is 4.06. The van der Waals surface area contributed by atoms with Crippen LogP contribution in [0.3, 0.4) is 0 Å². The zero-order valence-electron chi connectivity index (χ0n) is 12.1. The minimum atomic E-state index is 0.494. The molecule has 0 spiro atoms. The first-order chi connectivity index (χ1) is 11.2. The lowest BCUT2D eigenvalue weighted by molar-refractivity contribution is 1.14. The maximum atomic E-state index is 5.79. The Bertz CT molecular complexity index is 796. The molecule has 0 atom stereocenters. The first-order valence-corrected chi connectivity index (χ1v) is 8.14. The summed E-state index contributed by atoms with van der Waals surface area (Å²) in [5, 5.41) is 7.08. The Balaban J connectivity index is 1.59. The number of hydrazone groups is 1. The van der Waals surface area contributed by atoms with Crippen molar-refractivity contribution < 1.29 is 0 Å². The topological polar surface area (TPSA) is 76.2 Å². The van der Waals surface area contributed by atoms with Crippen LogP contribution in [0.5, 0.6) is 0 Å². The summed E-state index contributed by atoms with van der Waals surface area (Å²) >= 11 is 7.20. The molecular weight excluding hydrogens is 330 g/mol. The van der Waals surface area contributed by atoms with Crippen molar-refractivity contribution in [1.82, 2.24) is 9.97 Å². The molecule has 0 saturated heterocycles. The first kappa shape index (κ1) is 15.5. The van der Waals surface area contributed by atoms with Gasteiger partial charge in [-0.2, -0.15) is 5.10 Å². The molecule has 0 unspecified atom stereocenters. The summed E-state index contributed by atoms with van der Waals surface area (Å²) in [6.07, 6.45) is 4.35. The highest BCUT2D eigenvalue weighted by atomic mass is 35.5. The summed E-state index contributed by atoms with van der Waals surface area (Å²) in [5.74, 6) is 0.494. The molecule has 3 N–H and O–H groups in total. The number of anilines is 2. The summed E-state index contributed by atoms with van der Waals surface area (Å²) in [7, 11) is 0. The van der Waals surface area contributed by atoms with Gasteiger partial charge in [-0.15, -0.1) is 11.3 Å². The maximum absolute atomic E-state index is 5.79. The Morgan fingerprint density at radius 1 is 1.17 bits per heavy atom. The number of halogens is 1. The van der Waals surface area contributed by atoms with Gasteiger partial charge in [0.25, 0.3) is 0 Å². The van der Waals surface area contributed by atoms with E-state index in [1.807, 2.05) is 18.2 Å². The molecule has 0 aliphatic heterocycles. The molecule has 3 aromatic rings. The molecule has 5 nitrogen and oxygen atoms in total. The van der Waals surface area contributed by atoms with Crippen molar-refractivity contribution in [3.63, 3.8) is 0 Å². The summed E-state index contributed by atoms with van der Waals surface area (Å²) in [4.78, 5) is 8.15. The molecule has 0 aliphatic rings. The summed E-state index contributed by atoms with van der Waals surface area (Å²) in [6, 6.07) is 11.9. The second kappa shape index (κ2) is 7.21. The largest absolute Gasteiger partial charge is 0.383 e. The molecule has 0 fully saturated rings. The Hall–Kier alpha value is -2.44. The molecule has 23 heavy (non-hydrogen) atoms. The molecule has 0 aliphatic carbocycles. The van der Waals surface area contributed by atoms with E-state index in [2.05, 4.69) is 32.6 Å². The van der Waals surface area contributed by atoms with Crippen LogP contribution in [-0.2, 0) is 6.42 Å². The molecule has 0 radical (unpaired) electrons. The molecule has 7 heteroatoms. The lowest BCUT2D eigenvalue weighted by atomic mass is 10.1. The van der Waals surface area contributed by atoms with E-state index in [9.17, 15) is 0 Å². The van der Waals surface area contributed by atoms with Crippen molar-refractivity contribution in [3.05, 3.63) is 69.8 Å². The van der Waals surface area contributed by atoms with Gasteiger partial charge in [-0.3, -0.25) is 5.43 Å². The van der Waals surface area contributed by atoms with Crippen LogP contribution >= 0.6 is 22.9 Å². The lowest BCUT2D eigenvalue weighted by Gasteiger charge is -2.02. The van der Waals surface area contributed by atoms with Gasteiger partial charge >= 0.3 is 0 Å². The number of aromatic nitrogens is 2. The van der Waals surface area contributed by atoms with Crippen molar-refractivity contribution in [2.75, 3.05) is 11.2 Å². The third-order valence-electron chi connectivity index (χ3n) is 3.07. The lowest BCUT2D eigenvalue weighted by Crippen LogP contribution is -1.92. The number of nitrogens with two attached hydrogens (primary N) is 1. The zero-order chi connectivity index (χ0) is 16.1. The van der Waals surface area contributed by atoms with Gasteiger partial charge in [0, 0.05) is 11.6 Å². The molecule has 3 rings (SSSR count). The maximum Gasteiger partial charge on any atom is 0.205 e. The fourth-order valence-corrected chi connectivity index (χ4v) is 2.63. The highest BCUT2D eigenvalue weighted by Gasteiger charge is 1.98. The number of nitrogens with zero attached hydrogens (tertiary/aromatic N) is 3. The number of nitrogen functional groups attached to an aromatic ring is 1. The predicted octanol–water partition coefficient (Wildman–Crippen LogP) is 3.81. The Morgan fingerprint density at radius 3 is 2.61 bits per heavy atom. The number of rotatable bonds is 5. The molecule has 1 aromatic carbocycles. The van der Waals surface area contributed by atoms with Crippen LogP contribution in [0.2, 0.25) is 5.15 Å². The average Bonchev–Trinajstić information content (AvgIpc) is 2.97. The Kier molecular flexibility index (Phi) is 4.85. The fourth-order valence-electron chi connectivity index (χ4n) is 1.97. The second-order valence-electron chi connectivity index (χ2n) is 4.86. The van der Waals surface area contributed by atoms with Crippen molar-refractivity contribution in [2.45, 2.75) is 6.42 Å². The predicted molar refractivity (Wildman–Crippen MR) is 96.2 cm³/mol. The molecule has 0 saturated carbocycles. The normalized spacial score (nSPS) is 11.0. The van der Waals surface area contributed by atoms with Crippen molar-refractivity contribution >= 4 is 40.1 Å². The van der Waals surface area contributed by atoms with Crippen molar-refractivity contribution in [3.8, 4) is 0 Å². The molecule has 2 heterocycles. The third kappa shape index (κ3) is 4.51. The van der Waals surface area contributed by atoms with Gasteiger partial charge < -0.3 is 5.73 Å². The first-order valence-electron chi connectivity index (χ1n) is 6.88. The van der Waals surface area contributed by atoms with Gasteiger partial charge in [0.2, 0.25) is 5.13 Å². The van der Waals surface area contributed by atoms with Crippen molar-refractivity contribution in [2.24, 2.45) is 5.10 Å². The standard InChI is InChI=1S/C16H14ClN5S/c17-14-6-5-13(8-19-14)7-11-1-3-12(4-2-11)9-20-22-16-21-15(18)10-23-16/h1-6,8-10H,7,18H2,(H,21,22). The van der Waals surface area contributed by atoms with Crippen molar-refractivity contribution in [1.29, 1.82) is 0 Å². The van der Waals surface area contributed by atoms with Crippen LogP contribution in [0.1, 0.15) is 16.7 Å². The molecule has 0 bridgehead atoms.